The molecule has 0 aliphatic rings. The molecule has 1 heterocycles. The Morgan fingerprint density at radius 2 is 1.90 bits per heavy atom. The highest BCUT2D eigenvalue weighted by atomic mass is 16.6. The largest absolute Gasteiger partial charge is 0.308 e. The van der Waals surface area contributed by atoms with E-state index in [4.69, 9.17) is 0 Å². The molecule has 6 heteroatoms. The van der Waals surface area contributed by atoms with Crippen molar-refractivity contribution in [3.05, 3.63) is 69.0 Å². The summed E-state index contributed by atoms with van der Waals surface area (Å²) in [4.78, 5) is 27.1. The van der Waals surface area contributed by atoms with E-state index in [0.717, 1.165) is 5.52 Å². The minimum atomic E-state index is -0.491. The maximum Gasteiger partial charge on any atom is 0.277 e. The van der Waals surface area contributed by atoms with Crippen molar-refractivity contribution in [3.8, 4) is 11.3 Å². The van der Waals surface area contributed by atoms with Crippen LogP contribution in [-0.2, 0) is 7.05 Å². The van der Waals surface area contributed by atoms with Gasteiger partial charge in [-0.3, -0.25) is 14.9 Å². The monoisotopic (exact) mass is 281 g/mol. The lowest BCUT2D eigenvalue weighted by atomic mass is 10.1. The summed E-state index contributed by atoms with van der Waals surface area (Å²) in [5, 5.41) is 10.9. The summed E-state index contributed by atoms with van der Waals surface area (Å²) in [6.45, 7) is 0. The molecule has 1 aromatic heterocycles. The zero-order valence-electron chi connectivity index (χ0n) is 11.2. The molecule has 0 aliphatic heterocycles. The highest BCUT2D eigenvalue weighted by Gasteiger charge is 2.13. The molecule has 0 radical (unpaired) electrons. The molecule has 0 atom stereocenters. The third-order valence-corrected chi connectivity index (χ3v) is 3.31. The van der Waals surface area contributed by atoms with E-state index in [1.807, 2.05) is 12.1 Å². The van der Waals surface area contributed by atoms with Crippen molar-refractivity contribution in [1.82, 2.24) is 9.55 Å². The minimum absolute atomic E-state index is 0.0653. The van der Waals surface area contributed by atoms with Crippen molar-refractivity contribution < 1.29 is 4.92 Å². The van der Waals surface area contributed by atoms with Gasteiger partial charge in [0.15, 0.2) is 0 Å². The van der Waals surface area contributed by atoms with Gasteiger partial charge in [0.2, 0.25) is 0 Å². The lowest BCUT2D eigenvalue weighted by Gasteiger charge is -2.07. The van der Waals surface area contributed by atoms with Crippen LogP contribution in [0.25, 0.3) is 22.3 Å². The van der Waals surface area contributed by atoms with Crippen LogP contribution < -0.4 is 5.56 Å². The van der Waals surface area contributed by atoms with E-state index in [2.05, 4.69) is 4.98 Å². The number of benzene rings is 2. The first kappa shape index (κ1) is 13.0. The van der Waals surface area contributed by atoms with Gasteiger partial charge >= 0.3 is 0 Å². The topological polar surface area (TPSA) is 78.0 Å². The fraction of sp³-hybridized carbons (Fsp3) is 0.0667. The van der Waals surface area contributed by atoms with Crippen LogP contribution in [0, 0.1) is 10.1 Å². The van der Waals surface area contributed by atoms with Crippen LogP contribution in [0.4, 0.5) is 5.69 Å². The zero-order valence-corrected chi connectivity index (χ0v) is 11.2. The van der Waals surface area contributed by atoms with Gasteiger partial charge in [0.05, 0.1) is 16.0 Å². The van der Waals surface area contributed by atoms with Gasteiger partial charge in [-0.05, 0) is 12.1 Å². The molecule has 6 nitrogen and oxygen atoms in total. The summed E-state index contributed by atoms with van der Waals surface area (Å²) >= 11 is 0. The summed E-state index contributed by atoms with van der Waals surface area (Å²) in [6.07, 6.45) is 0. The number of aromatic nitrogens is 2. The van der Waals surface area contributed by atoms with Gasteiger partial charge in [0, 0.05) is 24.7 Å². The Morgan fingerprint density at radius 1 is 1.14 bits per heavy atom. The van der Waals surface area contributed by atoms with Gasteiger partial charge in [0.25, 0.3) is 11.2 Å². The molecule has 0 fully saturated rings. The number of para-hydroxylation sites is 2. The smallest absolute Gasteiger partial charge is 0.277 e. The number of nitro groups is 1. The van der Waals surface area contributed by atoms with Crippen LogP contribution in [0.1, 0.15) is 0 Å². The van der Waals surface area contributed by atoms with E-state index in [1.54, 1.807) is 31.3 Å². The second-order valence-electron chi connectivity index (χ2n) is 4.62. The Bertz CT molecular complexity index is 915. The second-order valence-corrected chi connectivity index (χ2v) is 4.62. The molecule has 2 aromatic carbocycles. The Balaban J connectivity index is 2.30. The first-order chi connectivity index (χ1) is 10.1. The van der Waals surface area contributed by atoms with E-state index in [-0.39, 0.29) is 16.9 Å². The number of non-ortho nitro benzene ring substituents is 1. The van der Waals surface area contributed by atoms with Gasteiger partial charge in [-0.2, -0.15) is 0 Å². The molecule has 3 aromatic rings. The molecule has 0 amide bonds. The average Bonchev–Trinajstić information content (AvgIpc) is 2.51. The number of hydrogen-bond donors (Lipinski definition) is 0. The van der Waals surface area contributed by atoms with Crippen molar-refractivity contribution in [3.63, 3.8) is 0 Å². The first-order valence-electron chi connectivity index (χ1n) is 6.28. The molecule has 0 N–H and O–H groups in total. The number of rotatable bonds is 2. The predicted molar refractivity (Wildman–Crippen MR) is 79.1 cm³/mol. The summed E-state index contributed by atoms with van der Waals surface area (Å²) in [6, 6.07) is 13.2. The summed E-state index contributed by atoms with van der Waals surface area (Å²) in [7, 11) is 1.66. The number of aryl methyl sites for hydroxylation is 1. The molecule has 21 heavy (non-hydrogen) atoms. The molecular weight excluding hydrogens is 270 g/mol. The number of hydrogen-bond acceptors (Lipinski definition) is 4. The summed E-state index contributed by atoms with van der Waals surface area (Å²) in [5.74, 6) is 0. The Kier molecular flexibility index (Phi) is 2.98. The quantitative estimate of drug-likeness (QED) is 0.534. The fourth-order valence-corrected chi connectivity index (χ4v) is 2.23. The number of nitrogens with zero attached hydrogens (tertiary/aromatic N) is 3. The molecule has 0 saturated heterocycles. The molecule has 0 aliphatic carbocycles. The minimum Gasteiger partial charge on any atom is -0.308 e. The van der Waals surface area contributed by atoms with Crippen LogP contribution in [0.5, 0.6) is 0 Å². The van der Waals surface area contributed by atoms with Gasteiger partial charge in [-0.25, -0.2) is 4.98 Å². The van der Waals surface area contributed by atoms with E-state index < -0.39 is 4.92 Å². The fourth-order valence-electron chi connectivity index (χ4n) is 2.23. The average molecular weight is 281 g/mol. The standard InChI is InChI=1S/C15H11N3O3/c1-17-13-8-3-2-7-12(13)16-14(15(17)19)10-5-4-6-11(9-10)18(20)21/h2-9H,1H3. The van der Waals surface area contributed by atoms with E-state index in [0.29, 0.717) is 11.1 Å². The maximum atomic E-state index is 12.4. The van der Waals surface area contributed by atoms with Crippen LogP contribution >= 0.6 is 0 Å². The SMILES string of the molecule is Cn1c(=O)c(-c2cccc([N+](=O)[O-])c2)nc2ccccc21. The van der Waals surface area contributed by atoms with Crippen molar-refractivity contribution in [2.75, 3.05) is 0 Å². The highest BCUT2D eigenvalue weighted by Crippen LogP contribution is 2.21. The molecule has 0 spiro atoms. The Labute approximate surface area is 119 Å². The van der Waals surface area contributed by atoms with Crippen LogP contribution in [0.2, 0.25) is 0 Å². The molecule has 0 bridgehead atoms. The van der Waals surface area contributed by atoms with Gasteiger partial charge in [-0.1, -0.05) is 24.3 Å². The van der Waals surface area contributed by atoms with Gasteiger partial charge in [0.1, 0.15) is 5.69 Å². The van der Waals surface area contributed by atoms with Gasteiger partial charge in [-0.15, -0.1) is 0 Å². The molecule has 3 rings (SSSR count). The maximum absolute atomic E-state index is 12.4. The number of fused-ring (bicyclic) bond motifs is 1. The normalized spacial score (nSPS) is 10.7. The van der Waals surface area contributed by atoms with Crippen molar-refractivity contribution in [2.45, 2.75) is 0 Å². The Morgan fingerprint density at radius 3 is 2.67 bits per heavy atom. The van der Waals surface area contributed by atoms with Gasteiger partial charge < -0.3 is 4.57 Å². The molecule has 0 unspecified atom stereocenters. The summed E-state index contributed by atoms with van der Waals surface area (Å²) in [5.41, 5.74) is 1.69. The summed E-state index contributed by atoms with van der Waals surface area (Å²) < 4.78 is 1.50. The number of nitro benzene ring substituents is 1. The van der Waals surface area contributed by atoms with Crippen LogP contribution in [0.3, 0.4) is 0 Å². The first-order valence-corrected chi connectivity index (χ1v) is 6.28. The van der Waals surface area contributed by atoms with Crippen LogP contribution in [0.15, 0.2) is 53.3 Å². The van der Waals surface area contributed by atoms with E-state index >= 15 is 0 Å². The van der Waals surface area contributed by atoms with Crippen molar-refractivity contribution >= 4 is 16.7 Å². The van der Waals surface area contributed by atoms with E-state index in [1.165, 1.54) is 16.7 Å². The highest BCUT2D eigenvalue weighted by molar-refractivity contribution is 5.78. The molecule has 104 valence electrons. The van der Waals surface area contributed by atoms with Crippen molar-refractivity contribution in [2.24, 2.45) is 7.05 Å². The second kappa shape index (κ2) is 4.82. The Hall–Kier alpha value is -3.02. The van der Waals surface area contributed by atoms with Crippen molar-refractivity contribution in [1.29, 1.82) is 0 Å². The van der Waals surface area contributed by atoms with Crippen LogP contribution in [-0.4, -0.2) is 14.5 Å². The predicted octanol–water partition coefficient (Wildman–Crippen LogP) is 2.51. The third-order valence-electron chi connectivity index (χ3n) is 3.31. The lowest BCUT2D eigenvalue weighted by molar-refractivity contribution is -0.384. The molecule has 0 saturated carbocycles. The lowest BCUT2D eigenvalue weighted by Crippen LogP contribution is -2.20. The zero-order chi connectivity index (χ0) is 15.0. The molecular formula is C15H11N3O3. The third kappa shape index (κ3) is 2.16. The van der Waals surface area contributed by atoms with E-state index in [9.17, 15) is 14.9 Å².